The van der Waals surface area contributed by atoms with Gasteiger partial charge in [0, 0.05) is 11.3 Å². The highest BCUT2D eigenvalue weighted by molar-refractivity contribution is 6.06. The molecule has 5 nitrogen and oxygen atoms in total. The van der Waals surface area contributed by atoms with Gasteiger partial charge in [0.05, 0.1) is 0 Å². The van der Waals surface area contributed by atoms with E-state index in [2.05, 4.69) is 14.7 Å². The van der Waals surface area contributed by atoms with Crippen LogP contribution in [0.15, 0.2) is 28.8 Å². The van der Waals surface area contributed by atoms with Crippen molar-refractivity contribution in [3.8, 4) is 0 Å². The molecule has 1 aromatic heterocycles. The van der Waals surface area contributed by atoms with Crippen molar-refractivity contribution in [3.63, 3.8) is 0 Å². The van der Waals surface area contributed by atoms with Crippen molar-refractivity contribution in [1.82, 2.24) is 10.1 Å². The lowest BCUT2D eigenvalue weighted by molar-refractivity contribution is -0.159. The molecule has 0 atom stereocenters. The van der Waals surface area contributed by atoms with Crippen LogP contribution >= 0.6 is 0 Å². The first-order chi connectivity index (χ1) is 8.38. The third-order valence-electron chi connectivity index (χ3n) is 2.04. The number of anilines is 1. The van der Waals surface area contributed by atoms with Crippen LogP contribution in [0.3, 0.4) is 0 Å². The molecule has 0 saturated heterocycles. The minimum absolute atomic E-state index is 0.124. The molecular formula is C10H6F3N3O2. The lowest BCUT2D eigenvalue weighted by Crippen LogP contribution is -2.08. The van der Waals surface area contributed by atoms with Gasteiger partial charge in [-0.05, 0) is 24.3 Å². The van der Waals surface area contributed by atoms with E-state index in [1.165, 1.54) is 24.3 Å². The Bertz CT molecular complexity index is 575. The summed E-state index contributed by atoms with van der Waals surface area (Å²) in [5, 5.41) is 2.99. The Labute approximate surface area is 98.4 Å². The Hall–Kier alpha value is -2.38. The van der Waals surface area contributed by atoms with Gasteiger partial charge in [0.25, 0.3) is 0 Å². The van der Waals surface area contributed by atoms with Gasteiger partial charge in [-0.2, -0.15) is 18.2 Å². The normalized spacial score (nSPS) is 11.5. The first-order valence-electron chi connectivity index (χ1n) is 4.69. The van der Waals surface area contributed by atoms with E-state index in [-0.39, 0.29) is 5.56 Å². The molecule has 8 heteroatoms. The van der Waals surface area contributed by atoms with Crippen molar-refractivity contribution >= 4 is 11.5 Å². The average molecular weight is 257 g/mol. The topological polar surface area (TPSA) is 82.0 Å². The number of carbonyl (C=O) groups is 1. The molecule has 0 amide bonds. The number of ketones is 1. The van der Waals surface area contributed by atoms with Gasteiger partial charge in [-0.15, -0.1) is 0 Å². The van der Waals surface area contributed by atoms with Crippen LogP contribution in [0.5, 0.6) is 0 Å². The number of benzene rings is 1. The van der Waals surface area contributed by atoms with E-state index in [1.54, 1.807) is 0 Å². The molecule has 0 bridgehead atoms. The number of hydrogen-bond donors (Lipinski definition) is 1. The fourth-order valence-electron chi connectivity index (χ4n) is 1.19. The molecule has 1 aromatic carbocycles. The molecule has 0 radical (unpaired) electrons. The fourth-order valence-corrected chi connectivity index (χ4v) is 1.19. The summed E-state index contributed by atoms with van der Waals surface area (Å²) >= 11 is 0. The van der Waals surface area contributed by atoms with E-state index < -0.39 is 23.7 Å². The number of nitrogens with two attached hydrogens (primary N) is 1. The molecule has 1 heterocycles. The van der Waals surface area contributed by atoms with Crippen LogP contribution in [0, 0.1) is 0 Å². The lowest BCUT2D eigenvalue weighted by Gasteiger charge is -1.97. The van der Waals surface area contributed by atoms with E-state index in [0.717, 1.165) is 0 Å². The van der Waals surface area contributed by atoms with Crippen LogP contribution in [0.25, 0.3) is 0 Å². The van der Waals surface area contributed by atoms with E-state index in [0.29, 0.717) is 5.69 Å². The largest absolute Gasteiger partial charge is 0.471 e. The summed E-state index contributed by atoms with van der Waals surface area (Å²) < 4.78 is 40.6. The van der Waals surface area contributed by atoms with E-state index in [4.69, 9.17) is 5.73 Å². The summed E-state index contributed by atoms with van der Waals surface area (Å²) in [4.78, 5) is 14.7. The number of nitrogens with zero attached hydrogens (tertiary/aromatic N) is 2. The van der Waals surface area contributed by atoms with Gasteiger partial charge in [0.2, 0.25) is 11.6 Å². The second-order valence-corrected chi connectivity index (χ2v) is 3.37. The molecule has 18 heavy (non-hydrogen) atoms. The number of halogens is 3. The Morgan fingerprint density at radius 1 is 1.22 bits per heavy atom. The second kappa shape index (κ2) is 4.13. The maximum absolute atomic E-state index is 12.2. The number of nitrogen functional groups attached to an aromatic ring is 1. The van der Waals surface area contributed by atoms with Gasteiger partial charge in [-0.25, -0.2) is 0 Å². The van der Waals surface area contributed by atoms with Gasteiger partial charge >= 0.3 is 12.1 Å². The van der Waals surface area contributed by atoms with Crippen molar-refractivity contribution in [1.29, 1.82) is 0 Å². The van der Waals surface area contributed by atoms with Crippen LogP contribution in [-0.2, 0) is 6.18 Å². The number of carbonyl (C=O) groups excluding carboxylic acids is 1. The molecule has 2 rings (SSSR count). The Balaban J connectivity index is 2.29. The number of hydrogen-bond acceptors (Lipinski definition) is 5. The van der Waals surface area contributed by atoms with Crippen LogP contribution < -0.4 is 5.73 Å². The van der Waals surface area contributed by atoms with Crippen molar-refractivity contribution in [2.24, 2.45) is 0 Å². The smallest absolute Gasteiger partial charge is 0.399 e. The Morgan fingerprint density at radius 2 is 1.83 bits per heavy atom. The summed E-state index contributed by atoms with van der Waals surface area (Å²) in [7, 11) is 0. The molecule has 0 saturated carbocycles. The lowest BCUT2D eigenvalue weighted by atomic mass is 10.1. The van der Waals surface area contributed by atoms with Gasteiger partial charge < -0.3 is 10.3 Å². The summed E-state index contributed by atoms with van der Waals surface area (Å²) in [5.74, 6) is -2.97. The molecule has 0 unspecified atom stereocenters. The zero-order valence-electron chi connectivity index (χ0n) is 8.73. The standard InChI is InChI=1S/C10H6F3N3O2/c11-10(12,13)9-15-8(16-18-9)7(17)5-1-3-6(14)4-2-5/h1-4H,14H2. The maximum atomic E-state index is 12.2. The van der Waals surface area contributed by atoms with Crippen LogP contribution in [0.4, 0.5) is 18.9 Å². The molecule has 0 fully saturated rings. The van der Waals surface area contributed by atoms with Crippen molar-refractivity contribution < 1.29 is 22.5 Å². The maximum Gasteiger partial charge on any atom is 0.471 e. The van der Waals surface area contributed by atoms with Gasteiger partial charge in [0.15, 0.2) is 0 Å². The summed E-state index contributed by atoms with van der Waals surface area (Å²) in [5.41, 5.74) is 5.97. The summed E-state index contributed by atoms with van der Waals surface area (Å²) in [6.07, 6.45) is -4.77. The SMILES string of the molecule is Nc1ccc(C(=O)c2noc(C(F)(F)F)n2)cc1. The number of aromatic nitrogens is 2. The van der Waals surface area contributed by atoms with E-state index in [9.17, 15) is 18.0 Å². The first kappa shape index (κ1) is 12.1. The third kappa shape index (κ3) is 2.31. The fraction of sp³-hybridized carbons (Fsp3) is 0.100. The predicted molar refractivity (Wildman–Crippen MR) is 53.6 cm³/mol. The molecule has 94 valence electrons. The molecule has 0 aliphatic heterocycles. The third-order valence-corrected chi connectivity index (χ3v) is 2.04. The van der Waals surface area contributed by atoms with E-state index >= 15 is 0 Å². The molecule has 0 spiro atoms. The Kier molecular flexibility index (Phi) is 2.77. The molecule has 0 aliphatic rings. The van der Waals surface area contributed by atoms with Crippen LogP contribution in [0.2, 0.25) is 0 Å². The zero-order valence-corrected chi connectivity index (χ0v) is 8.73. The number of alkyl halides is 3. The van der Waals surface area contributed by atoms with Crippen molar-refractivity contribution in [3.05, 3.63) is 41.5 Å². The van der Waals surface area contributed by atoms with Gasteiger partial charge in [0.1, 0.15) is 0 Å². The minimum Gasteiger partial charge on any atom is -0.399 e. The molecule has 2 N–H and O–H groups in total. The Morgan fingerprint density at radius 3 is 2.33 bits per heavy atom. The molecule has 2 aromatic rings. The summed E-state index contributed by atoms with van der Waals surface area (Å²) in [6.45, 7) is 0. The molecular weight excluding hydrogens is 251 g/mol. The monoisotopic (exact) mass is 257 g/mol. The number of rotatable bonds is 2. The highest BCUT2D eigenvalue weighted by atomic mass is 19.4. The minimum atomic E-state index is -4.77. The van der Waals surface area contributed by atoms with Gasteiger partial charge in [-0.3, -0.25) is 4.79 Å². The molecule has 0 aliphatic carbocycles. The average Bonchev–Trinajstić information content (AvgIpc) is 2.78. The van der Waals surface area contributed by atoms with Crippen LogP contribution in [0.1, 0.15) is 22.1 Å². The van der Waals surface area contributed by atoms with Crippen molar-refractivity contribution in [2.75, 3.05) is 5.73 Å². The quantitative estimate of drug-likeness (QED) is 0.656. The van der Waals surface area contributed by atoms with Crippen molar-refractivity contribution in [2.45, 2.75) is 6.18 Å². The highest BCUT2D eigenvalue weighted by Crippen LogP contribution is 2.27. The van der Waals surface area contributed by atoms with Gasteiger partial charge in [-0.1, -0.05) is 5.16 Å². The zero-order chi connectivity index (χ0) is 13.3. The highest BCUT2D eigenvalue weighted by Gasteiger charge is 2.39. The predicted octanol–water partition coefficient (Wildman–Crippen LogP) is 1.90. The van der Waals surface area contributed by atoms with E-state index in [1.807, 2.05) is 0 Å². The summed E-state index contributed by atoms with van der Waals surface area (Å²) in [6, 6.07) is 5.61. The second-order valence-electron chi connectivity index (χ2n) is 3.37. The first-order valence-corrected chi connectivity index (χ1v) is 4.69. The van der Waals surface area contributed by atoms with Crippen LogP contribution in [-0.4, -0.2) is 15.9 Å².